The van der Waals surface area contributed by atoms with Crippen LogP contribution in [-0.4, -0.2) is 9.38 Å². The minimum Gasteiger partial charge on any atom is -0.302 e. The van der Waals surface area contributed by atoms with E-state index < -0.39 is 0 Å². The summed E-state index contributed by atoms with van der Waals surface area (Å²) in [6.07, 6.45) is 4.05. The summed E-state index contributed by atoms with van der Waals surface area (Å²) in [7, 11) is 0. The highest BCUT2D eigenvalue weighted by atomic mass is 35.5. The highest BCUT2D eigenvalue weighted by Gasteiger charge is 2.20. The van der Waals surface area contributed by atoms with Crippen LogP contribution in [0.3, 0.4) is 0 Å². The van der Waals surface area contributed by atoms with Crippen molar-refractivity contribution < 1.29 is 0 Å². The average Bonchev–Trinajstić information content (AvgIpc) is 2.77. The second-order valence-corrected chi connectivity index (χ2v) is 5.08. The lowest BCUT2D eigenvalue weighted by Gasteiger charge is -2.15. The number of hydrogen-bond donors (Lipinski definition) is 0. The van der Waals surface area contributed by atoms with Crippen LogP contribution in [0, 0.1) is 0 Å². The zero-order valence-electron chi connectivity index (χ0n) is 9.73. The number of hydrogen-bond acceptors (Lipinski definition) is 1. The quantitative estimate of drug-likeness (QED) is 0.597. The van der Waals surface area contributed by atoms with Crippen molar-refractivity contribution in [3.63, 3.8) is 0 Å². The SMILES string of the molecule is Clc1ccc2nc3c(n2c1)CCc1ccccc1-3. The Balaban J connectivity index is 2.08. The Kier molecular flexibility index (Phi) is 2.03. The molecule has 18 heavy (non-hydrogen) atoms. The van der Waals surface area contributed by atoms with E-state index >= 15 is 0 Å². The predicted molar refractivity (Wildman–Crippen MR) is 73.0 cm³/mol. The van der Waals surface area contributed by atoms with Gasteiger partial charge in [0.15, 0.2) is 0 Å². The van der Waals surface area contributed by atoms with Crippen LogP contribution in [0.15, 0.2) is 42.6 Å². The van der Waals surface area contributed by atoms with E-state index in [4.69, 9.17) is 16.6 Å². The third kappa shape index (κ3) is 1.33. The Labute approximate surface area is 110 Å². The standard InChI is InChI=1S/C15H11ClN2/c16-11-6-8-14-17-15-12-4-2-1-3-10(12)5-7-13(15)18(14)9-11/h1-4,6,8-9H,5,7H2. The van der Waals surface area contributed by atoms with Gasteiger partial charge in [0.1, 0.15) is 5.65 Å². The summed E-state index contributed by atoms with van der Waals surface area (Å²) < 4.78 is 2.12. The van der Waals surface area contributed by atoms with E-state index in [1.165, 1.54) is 16.8 Å². The summed E-state index contributed by atoms with van der Waals surface area (Å²) in [5.41, 5.74) is 6.00. The summed E-state index contributed by atoms with van der Waals surface area (Å²) in [5.74, 6) is 0. The molecule has 0 radical (unpaired) electrons. The molecule has 2 nitrogen and oxygen atoms in total. The van der Waals surface area contributed by atoms with Crippen molar-refractivity contribution >= 4 is 17.2 Å². The third-order valence-electron chi connectivity index (χ3n) is 3.58. The molecule has 0 N–H and O–H groups in total. The molecule has 88 valence electrons. The second kappa shape index (κ2) is 3.59. The van der Waals surface area contributed by atoms with Crippen molar-refractivity contribution in [1.82, 2.24) is 9.38 Å². The fourth-order valence-electron chi connectivity index (χ4n) is 2.74. The zero-order valence-corrected chi connectivity index (χ0v) is 10.5. The van der Waals surface area contributed by atoms with E-state index in [1.807, 2.05) is 18.3 Å². The van der Waals surface area contributed by atoms with E-state index in [0.717, 1.165) is 29.2 Å². The van der Waals surface area contributed by atoms with Crippen LogP contribution >= 0.6 is 11.6 Å². The number of benzene rings is 1. The summed E-state index contributed by atoms with van der Waals surface area (Å²) in [6, 6.07) is 12.4. The van der Waals surface area contributed by atoms with E-state index in [1.54, 1.807) is 0 Å². The molecule has 0 unspecified atom stereocenters. The zero-order chi connectivity index (χ0) is 12.1. The molecule has 1 aliphatic carbocycles. The maximum absolute atomic E-state index is 6.07. The molecule has 0 spiro atoms. The molecule has 0 saturated carbocycles. The van der Waals surface area contributed by atoms with Crippen LogP contribution in [0.25, 0.3) is 16.9 Å². The molecular weight excluding hydrogens is 244 g/mol. The largest absolute Gasteiger partial charge is 0.302 e. The summed E-state index contributed by atoms with van der Waals surface area (Å²) in [5, 5.41) is 0.751. The van der Waals surface area contributed by atoms with Crippen LogP contribution in [0.5, 0.6) is 0 Å². The van der Waals surface area contributed by atoms with Gasteiger partial charge in [0.25, 0.3) is 0 Å². The highest BCUT2D eigenvalue weighted by Crippen LogP contribution is 2.33. The summed E-state index contributed by atoms with van der Waals surface area (Å²) >= 11 is 6.07. The first-order valence-corrected chi connectivity index (χ1v) is 6.45. The Hall–Kier alpha value is -1.80. The van der Waals surface area contributed by atoms with Crippen molar-refractivity contribution in [2.75, 3.05) is 0 Å². The van der Waals surface area contributed by atoms with Gasteiger partial charge < -0.3 is 4.40 Å². The Bertz CT molecular complexity index is 758. The number of imidazole rings is 1. The number of nitrogens with zero attached hydrogens (tertiary/aromatic N) is 2. The lowest BCUT2D eigenvalue weighted by molar-refractivity contribution is 0.881. The van der Waals surface area contributed by atoms with Crippen LogP contribution in [0.1, 0.15) is 11.3 Å². The van der Waals surface area contributed by atoms with Gasteiger partial charge in [-0.25, -0.2) is 4.98 Å². The minimum atomic E-state index is 0.751. The number of aryl methyl sites for hydroxylation is 2. The van der Waals surface area contributed by atoms with Gasteiger partial charge in [0, 0.05) is 11.8 Å². The van der Waals surface area contributed by atoms with Gasteiger partial charge >= 0.3 is 0 Å². The molecule has 2 heterocycles. The number of halogens is 1. The summed E-state index contributed by atoms with van der Waals surface area (Å²) in [6.45, 7) is 0. The lowest BCUT2D eigenvalue weighted by atomic mass is 9.92. The molecule has 0 atom stereocenters. The first kappa shape index (κ1) is 10.2. The maximum atomic E-state index is 6.07. The second-order valence-electron chi connectivity index (χ2n) is 4.64. The third-order valence-corrected chi connectivity index (χ3v) is 3.81. The normalized spacial score (nSPS) is 13.4. The molecule has 2 aromatic heterocycles. The first-order valence-electron chi connectivity index (χ1n) is 6.08. The number of aromatic nitrogens is 2. The van der Waals surface area contributed by atoms with Gasteiger partial charge in [-0.15, -0.1) is 0 Å². The monoisotopic (exact) mass is 254 g/mol. The topological polar surface area (TPSA) is 17.3 Å². The van der Waals surface area contributed by atoms with Crippen molar-refractivity contribution in [2.45, 2.75) is 12.8 Å². The van der Waals surface area contributed by atoms with Gasteiger partial charge in [-0.2, -0.15) is 0 Å². The van der Waals surface area contributed by atoms with Crippen LogP contribution in [0.2, 0.25) is 5.02 Å². The van der Waals surface area contributed by atoms with Gasteiger partial charge in [-0.05, 0) is 30.5 Å². The first-order chi connectivity index (χ1) is 8.83. The van der Waals surface area contributed by atoms with Crippen molar-refractivity contribution in [3.8, 4) is 11.3 Å². The van der Waals surface area contributed by atoms with Crippen LogP contribution < -0.4 is 0 Å². The number of fused-ring (bicyclic) bond motifs is 5. The van der Waals surface area contributed by atoms with E-state index in [2.05, 4.69) is 28.7 Å². The molecule has 0 fully saturated rings. The highest BCUT2D eigenvalue weighted by molar-refractivity contribution is 6.30. The maximum Gasteiger partial charge on any atom is 0.137 e. The van der Waals surface area contributed by atoms with E-state index in [0.29, 0.717) is 0 Å². The van der Waals surface area contributed by atoms with Crippen molar-refractivity contribution in [3.05, 3.63) is 58.9 Å². The lowest BCUT2D eigenvalue weighted by Crippen LogP contribution is -2.05. The van der Waals surface area contributed by atoms with Crippen molar-refractivity contribution in [1.29, 1.82) is 0 Å². The fraction of sp³-hybridized carbons (Fsp3) is 0.133. The molecule has 0 amide bonds. The summed E-state index contributed by atoms with van der Waals surface area (Å²) in [4.78, 5) is 4.74. The smallest absolute Gasteiger partial charge is 0.137 e. The van der Waals surface area contributed by atoms with Gasteiger partial charge in [0.05, 0.1) is 16.4 Å². The van der Waals surface area contributed by atoms with Crippen LogP contribution in [-0.2, 0) is 12.8 Å². The van der Waals surface area contributed by atoms with E-state index in [9.17, 15) is 0 Å². The number of pyridine rings is 1. The van der Waals surface area contributed by atoms with Gasteiger partial charge in [-0.3, -0.25) is 0 Å². The molecule has 1 aliphatic rings. The van der Waals surface area contributed by atoms with Gasteiger partial charge in [-0.1, -0.05) is 35.9 Å². The Morgan fingerprint density at radius 1 is 1.06 bits per heavy atom. The molecule has 3 aromatic rings. The van der Waals surface area contributed by atoms with Gasteiger partial charge in [0.2, 0.25) is 0 Å². The molecule has 4 rings (SSSR count). The van der Waals surface area contributed by atoms with E-state index in [-0.39, 0.29) is 0 Å². The Morgan fingerprint density at radius 3 is 2.89 bits per heavy atom. The molecule has 0 bridgehead atoms. The molecule has 3 heteroatoms. The molecular formula is C15H11ClN2. The molecule has 0 saturated heterocycles. The minimum absolute atomic E-state index is 0.751. The predicted octanol–water partition coefficient (Wildman–Crippen LogP) is 3.75. The van der Waals surface area contributed by atoms with Crippen molar-refractivity contribution in [2.24, 2.45) is 0 Å². The fourth-order valence-corrected chi connectivity index (χ4v) is 2.90. The molecule has 1 aromatic carbocycles. The Morgan fingerprint density at radius 2 is 1.94 bits per heavy atom. The van der Waals surface area contributed by atoms with Crippen LogP contribution in [0.4, 0.5) is 0 Å². The number of rotatable bonds is 0. The molecule has 0 aliphatic heterocycles. The average molecular weight is 255 g/mol.